The van der Waals surface area contributed by atoms with Gasteiger partial charge in [0.15, 0.2) is 0 Å². The van der Waals surface area contributed by atoms with Crippen molar-refractivity contribution in [2.45, 2.75) is 12.7 Å². The number of hydrogen-bond acceptors (Lipinski definition) is 3. The van der Waals surface area contributed by atoms with Crippen LogP contribution in [0.25, 0.3) is 10.9 Å². The standard InChI is InChI=1S/C17H13F3N2O2/c18-17(19,20)11-22(10-13-6-3-9-24-13)16(23)14-7-1-4-12-5-2-8-21-15(12)14/h1-9H,10-11H2. The maximum Gasteiger partial charge on any atom is 0.406 e. The van der Waals surface area contributed by atoms with Gasteiger partial charge in [0, 0.05) is 11.6 Å². The second-order valence-corrected chi connectivity index (χ2v) is 5.24. The molecule has 0 aliphatic rings. The molecule has 2 heterocycles. The van der Waals surface area contributed by atoms with Gasteiger partial charge in [-0.25, -0.2) is 0 Å². The van der Waals surface area contributed by atoms with Gasteiger partial charge in [-0.2, -0.15) is 13.2 Å². The molecule has 0 atom stereocenters. The summed E-state index contributed by atoms with van der Waals surface area (Å²) in [5.74, 6) is -0.464. The molecule has 4 nitrogen and oxygen atoms in total. The molecule has 2 aromatic heterocycles. The summed E-state index contributed by atoms with van der Waals surface area (Å²) >= 11 is 0. The zero-order valence-corrected chi connectivity index (χ0v) is 12.5. The predicted octanol–water partition coefficient (Wildman–Crippen LogP) is 4.03. The van der Waals surface area contributed by atoms with Crippen LogP contribution in [-0.4, -0.2) is 28.5 Å². The first kappa shape index (κ1) is 16.0. The third-order valence-corrected chi connectivity index (χ3v) is 3.45. The first-order chi connectivity index (χ1) is 11.4. The number of furan rings is 1. The largest absolute Gasteiger partial charge is 0.467 e. The number of alkyl halides is 3. The molecule has 0 N–H and O–H groups in total. The van der Waals surface area contributed by atoms with Crippen molar-refractivity contribution < 1.29 is 22.4 Å². The number of hydrogen-bond donors (Lipinski definition) is 0. The van der Waals surface area contributed by atoms with Crippen LogP contribution in [0.1, 0.15) is 16.1 Å². The smallest absolute Gasteiger partial charge is 0.406 e. The average molecular weight is 334 g/mol. The summed E-state index contributed by atoms with van der Waals surface area (Å²) < 4.78 is 43.7. The molecule has 0 radical (unpaired) electrons. The number of rotatable bonds is 4. The Balaban J connectivity index is 1.97. The van der Waals surface area contributed by atoms with E-state index in [0.29, 0.717) is 15.8 Å². The van der Waals surface area contributed by atoms with Gasteiger partial charge in [-0.05, 0) is 24.3 Å². The number of benzene rings is 1. The number of aromatic nitrogens is 1. The van der Waals surface area contributed by atoms with Crippen LogP contribution < -0.4 is 0 Å². The second kappa shape index (κ2) is 6.35. The maximum atomic E-state index is 12.9. The molecule has 24 heavy (non-hydrogen) atoms. The molecule has 3 rings (SSSR count). The van der Waals surface area contributed by atoms with Gasteiger partial charge >= 0.3 is 6.18 Å². The highest BCUT2D eigenvalue weighted by Crippen LogP contribution is 2.23. The van der Waals surface area contributed by atoms with Crippen molar-refractivity contribution in [3.8, 4) is 0 Å². The summed E-state index contributed by atoms with van der Waals surface area (Å²) in [5.41, 5.74) is 0.500. The lowest BCUT2D eigenvalue weighted by molar-refractivity contribution is -0.142. The van der Waals surface area contributed by atoms with Crippen molar-refractivity contribution in [1.29, 1.82) is 0 Å². The van der Waals surface area contributed by atoms with Gasteiger partial charge in [0.25, 0.3) is 5.91 Å². The number of pyridine rings is 1. The van der Waals surface area contributed by atoms with Crippen molar-refractivity contribution >= 4 is 16.8 Å². The summed E-state index contributed by atoms with van der Waals surface area (Å²) in [7, 11) is 0. The van der Waals surface area contributed by atoms with Crippen LogP contribution >= 0.6 is 0 Å². The minimum atomic E-state index is -4.51. The van der Waals surface area contributed by atoms with Crippen LogP contribution in [0.15, 0.2) is 59.3 Å². The Morgan fingerprint density at radius 3 is 2.62 bits per heavy atom. The predicted molar refractivity (Wildman–Crippen MR) is 81.2 cm³/mol. The Morgan fingerprint density at radius 1 is 1.12 bits per heavy atom. The molecule has 0 aliphatic heterocycles. The minimum absolute atomic E-state index is 0.129. The fraction of sp³-hybridized carbons (Fsp3) is 0.176. The number of nitrogens with zero attached hydrogens (tertiary/aromatic N) is 2. The number of carbonyl (C=O) groups is 1. The molecule has 0 saturated heterocycles. The molecule has 1 aromatic carbocycles. The van der Waals surface area contributed by atoms with Crippen LogP contribution in [0.4, 0.5) is 13.2 Å². The number of fused-ring (bicyclic) bond motifs is 1. The van der Waals surface area contributed by atoms with E-state index in [0.717, 1.165) is 0 Å². The van der Waals surface area contributed by atoms with E-state index in [9.17, 15) is 18.0 Å². The zero-order valence-electron chi connectivity index (χ0n) is 12.5. The molecule has 0 saturated carbocycles. The van der Waals surface area contributed by atoms with Gasteiger partial charge in [-0.15, -0.1) is 0 Å². The van der Waals surface area contributed by atoms with Crippen LogP contribution in [0.5, 0.6) is 0 Å². The first-order valence-electron chi connectivity index (χ1n) is 7.16. The Morgan fingerprint density at radius 2 is 1.92 bits per heavy atom. The fourth-order valence-electron chi connectivity index (χ4n) is 2.45. The molecule has 1 amide bonds. The number of halogens is 3. The van der Waals surface area contributed by atoms with Crippen LogP contribution in [0.2, 0.25) is 0 Å². The van der Waals surface area contributed by atoms with E-state index >= 15 is 0 Å². The topological polar surface area (TPSA) is 46.3 Å². The van der Waals surface area contributed by atoms with E-state index in [1.807, 2.05) is 0 Å². The quantitative estimate of drug-likeness (QED) is 0.724. The third-order valence-electron chi connectivity index (χ3n) is 3.45. The summed E-state index contributed by atoms with van der Waals surface area (Å²) in [6.45, 7) is -1.63. The summed E-state index contributed by atoms with van der Waals surface area (Å²) in [6, 6.07) is 11.4. The minimum Gasteiger partial charge on any atom is -0.467 e. The molecule has 0 aliphatic carbocycles. The average Bonchev–Trinajstić information content (AvgIpc) is 3.05. The van der Waals surface area contributed by atoms with E-state index in [2.05, 4.69) is 4.98 Å². The molecule has 0 fully saturated rings. The van der Waals surface area contributed by atoms with E-state index in [1.54, 1.807) is 30.3 Å². The first-order valence-corrected chi connectivity index (χ1v) is 7.16. The molecular formula is C17H13F3N2O2. The maximum absolute atomic E-state index is 12.9. The Hall–Kier alpha value is -2.83. The van der Waals surface area contributed by atoms with Crippen molar-refractivity contribution in [2.24, 2.45) is 0 Å². The van der Waals surface area contributed by atoms with Gasteiger partial charge in [-0.3, -0.25) is 9.78 Å². The Labute approximate surface area is 135 Å². The summed E-state index contributed by atoms with van der Waals surface area (Å²) in [6.07, 6.45) is -1.66. The third kappa shape index (κ3) is 3.56. The van der Waals surface area contributed by atoms with Gasteiger partial charge in [0.1, 0.15) is 12.3 Å². The Bertz CT molecular complexity index is 839. The number of carbonyl (C=O) groups excluding carboxylic acids is 1. The fourth-order valence-corrected chi connectivity index (χ4v) is 2.45. The molecule has 0 spiro atoms. The number of amides is 1. The van der Waals surface area contributed by atoms with Gasteiger partial charge < -0.3 is 9.32 Å². The molecule has 124 valence electrons. The molecular weight excluding hydrogens is 321 g/mol. The van der Waals surface area contributed by atoms with Crippen molar-refractivity contribution in [3.63, 3.8) is 0 Å². The van der Waals surface area contributed by atoms with Gasteiger partial charge in [0.05, 0.1) is 23.9 Å². The number of para-hydroxylation sites is 1. The van der Waals surface area contributed by atoms with Gasteiger partial charge in [0.2, 0.25) is 0 Å². The normalized spacial score (nSPS) is 11.6. The molecule has 3 aromatic rings. The lowest BCUT2D eigenvalue weighted by atomic mass is 10.1. The summed E-state index contributed by atoms with van der Waals surface area (Å²) in [4.78, 5) is 17.5. The van der Waals surface area contributed by atoms with Crippen LogP contribution in [0.3, 0.4) is 0 Å². The lowest BCUT2D eigenvalue weighted by Gasteiger charge is -2.23. The van der Waals surface area contributed by atoms with E-state index in [1.165, 1.54) is 24.6 Å². The highest BCUT2D eigenvalue weighted by molar-refractivity contribution is 6.05. The molecule has 0 unspecified atom stereocenters. The SMILES string of the molecule is O=C(c1cccc2cccnc12)N(Cc1ccco1)CC(F)(F)F. The van der Waals surface area contributed by atoms with E-state index in [4.69, 9.17) is 4.42 Å². The molecule has 0 bridgehead atoms. The lowest BCUT2D eigenvalue weighted by Crippen LogP contribution is -2.38. The zero-order chi connectivity index (χ0) is 17.2. The highest BCUT2D eigenvalue weighted by Gasteiger charge is 2.34. The van der Waals surface area contributed by atoms with Crippen LogP contribution in [0, 0.1) is 0 Å². The monoisotopic (exact) mass is 334 g/mol. The highest BCUT2D eigenvalue weighted by atomic mass is 19.4. The van der Waals surface area contributed by atoms with Crippen LogP contribution in [-0.2, 0) is 6.54 Å². The summed E-state index contributed by atoms with van der Waals surface area (Å²) in [5, 5.41) is 0.688. The van der Waals surface area contributed by atoms with E-state index in [-0.39, 0.29) is 17.9 Å². The van der Waals surface area contributed by atoms with Crippen molar-refractivity contribution in [1.82, 2.24) is 9.88 Å². The Kier molecular flexibility index (Phi) is 4.24. The molecule has 7 heteroatoms. The van der Waals surface area contributed by atoms with Crippen molar-refractivity contribution in [3.05, 3.63) is 66.2 Å². The van der Waals surface area contributed by atoms with Crippen molar-refractivity contribution in [2.75, 3.05) is 6.54 Å². The van der Waals surface area contributed by atoms with Gasteiger partial charge in [-0.1, -0.05) is 18.2 Å². The second-order valence-electron chi connectivity index (χ2n) is 5.24. The van der Waals surface area contributed by atoms with E-state index < -0.39 is 18.6 Å².